The lowest BCUT2D eigenvalue weighted by Gasteiger charge is -1.95. The molecule has 24 heavy (non-hydrogen) atoms. The fraction of sp³-hybridized carbons (Fsp3) is 0.0455. The fourth-order valence-corrected chi connectivity index (χ4v) is 2.16. The summed E-state index contributed by atoms with van der Waals surface area (Å²) in [6.07, 6.45) is 8.32. The Morgan fingerprint density at radius 2 is 1.17 bits per heavy atom. The Labute approximate surface area is 160 Å². The summed E-state index contributed by atoms with van der Waals surface area (Å²) in [6, 6.07) is 22.5. The minimum Gasteiger partial charge on any atom is -1.00 e. The minimum absolute atomic E-state index is 0. The molecule has 0 aliphatic carbocycles. The average Bonchev–Trinajstić information content (AvgIpc) is 2.61. The van der Waals surface area contributed by atoms with E-state index in [0.29, 0.717) is 0 Å². The van der Waals surface area contributed by atoms with Gasteiger partial charge in [-0.1, -0.05) is 54.3 Å². The molecular weight excluding hydrogens is 405 g/mol. The highest BCUT2D eigenvalue weighted by Crippen LogP contribution is 2.09. The predicted molar refractivity (Wildman–Crippen MR) is 95.4 cm³/mol. The van der Waals surface area contributed by atoms with Crippen molar-refractivity contribution in [2.75, 3.05) is 0 Å². The van der Waals surface area contributed by atoms with Crippen LogP contribution in [0.2, 0.25) is 0 Å². The van der Waals surface area contributed by atoms with Gasteiger partial charge >= 0.3 is 0 Å². The third kappa shape index (κ3) is 5.36. The van der Waals surface area contributed by atoms with E-state index in [1.54, 1.807) is 0 Å². The molecule has 0 bridgehead atoms. The van der Waals surface area contributed by atoms with Gasteiger partial charge in [-0.15, -0.1) is 0 Å². The molecule has 0 aliphatic rings. The maximum Gasteiger partial charge on any atom is 0.169 e. The first-order valence-corrected chi connectivity index (χ1v) is 7.60. The predicted octanol–water partition coefficient (Wildman–Crippen LogP) is 1.09. The van der Waals surface area contributed by atoms with Gasteiger partial charge < -0.3 is 24.0 Å². The van der Waals surface area contributed by atoms with E-state index >= 15 is 0 Å². The highest BCUT2D eigenvalue weighted by atomic mass is 127. The molecule has 0 fully saturated rings. The van der Waals surface area contributed by atoms with E-state index in [2.05, 4.69) is 60.4 Å². The number of aromatic nitrogens is 1. The van der Waals surface area contributed by atoms with Gasteiger partial charge in [-0.05, 0) is 35.4 Å². The van der Waals surface area contributed by atoms with Crippen molar-refractivity contribution < 1.29 is 28.5 Å². The molecule has 0 saturated carbocycles. The highest BCUT2D eigenvalue weighted by Gasteiger charge is 1.92. The smallest absolute Gasteiger partial charge is 0.169 e. The molecule has 2 aromatic carbocycles. The van der Waals surface area contributed by atoms with Gasteiger partial charge in [0, 0.05) is 23.3 Å². The van der Waals surface area contributed by atoms with Crippen LogP contribution >= 0.6 is 0 Å². The molecule has 0 N–H and O–H groups in total. The summed E-state index contributed by atoms with van der Waals surface area (Å²) in [5.41, 5.74) is 4.42. The molecule has 3 aromatic rings. The molecule has 0 radical (unpaired) electrons. The Morgan fingerprint density at radius 1 is 0.667 bits per heavy atom. The molecule has 1 heterocycles. The van der Waals surface area contributed by atoms with Gasteiger partial charge in [-0.3, -0.25) is 0 Å². The van der Waals surface area contributed by atoms with Crippen molar-refractivity contribution in [3.8, 4) is 11.8 Å². The molecular formula is C22H18IN. The van der Waals surface area contributed by atoms with Crippen LogP contribution in [-0.2, 0) is 7.05 Å². The van der Waals surface area contributed by atoms with Crippen molar-refractivity contribution in [2.24, 2.45) is 7.05 Å². The third-order valence-electron chi connectivity index (χ3n) is 3.51. The zero-order chi connectivity index (χ0) is 15.9. The number of hydrogen-bond acceptors (Lipinski definition) is 0. The Balaban J connectivity index is 0.00000208. The lowest BCUT2D eigenvalue weighted by molar-refractivity contribution is -0.671. The van der Waals surface area contributed by atoms with E-state index in [1.807, 2.05) is 54.3 Å². The normalized spacial score (nSPS) is 9.88. The van der Waals surface area contributed by atoms with E-state index in [0.717, 1.165) is 11.1 Å². The molecule has 0 amide bonds. The van der Waals surface area contributed by atoms with Crippen LogP contribution in [0.15, 0.2) is 79.1 Å². The first-order valence-electron chi connectivity index (χ1n) is 7.60. The van der Waals surface area contributed by atoms with Crippen LogP contribution in [0.5, 0.6) is 0 Å². The summed E-state index contributed by atoms with van der Waals surface area (Å²) in [6.45, 7) is 0. The van der Waals surface area contributed by atoms with Gasteiger partial charge in [0.25, 0.3) is 0 Å². The van der Waals surface area contributed by atoms with Crippen molar-refractivity contribution >= 4 is 12.2 Å². The number of benzene rings is 2. The molecule has 0 unspecified atom stereocenters. The van der Waals surface area contributed by atoms with Crippen LogP contribution in [0.25, 0.3) is 12.2 Å². The lowest BCUT2D eigenvalue weighted by Crippen LogP contribution is -3.00. The number of hydrogen-bond donors (Lipinski definition) is 0. The standard InChI is InChI=1S/C22H18N.HI/c1-23-17-15-22(16-18-23)14-13-21-11-9-20(10-12-21)8-7-19-5-3-2-4-6-19;/h2-6,9-18H,1H3;1H/q+1;/p-1/b14-13+;. The van der Waals surface area contributed by atoms with Gasteiger partial charge in [0.2, 0.25) is 0 Å². The first kappa shape index (κ1) is 18.0. The van der Waals surface area contributed by atoms with Crippen molar-refractivity contribution in [1.82, 2.24) is 0 Å². The second kappa shape index (κ2) is 9.05. The van der Waals surface area contributed by atoms with Gasteiger partial charge in [-0.2, -0.15) is 0 Å². The summed E-state index contributed by atoms with van der Waals surface area (Å²) >= 11 is 0. The second-order valence-electron chi connectivity index (χ2n) is 5.37. The summed E-state index contributed by atoms with van der Waals surface area (Å²) in [4.78, 5) is 0. The molecule has 1 nitrogen and oxygen atoms in total. The molecule has 0 saturated heterocycles. The topological polar surface area (TPSA) is 3.88 Å². The SMILES string of the molecule is C[n+]1ccc(/C=C/c2ccc(C#Cc3ccccc3)cc2)cc1.[I-]. The van der Waals surface area contributed by atoms with Gasteiger partial charge in [0.1, 0.15) is 7.05 Å². The molecule has 0 atom stereocenters. The zero-order valence-corrected chi connectivity index (χ0v) is 15.6. The number of rotatable bonds is 2. The molecule has 3 rings (SSSR count). The Hall–Kier alpha value is -2.38. The van der Waals surface area contributed by atoms with Gasteiger partial charge in [0.05, 0.1) is 0 Å². The fourth-order valence-electron chi connectivity index (χ4n) is 2.16. The molecule has 118 valence electrons. The van der Waals surface area contributed by atoms with E-state index in [-0.39, 0.29) is 24.0 Å². The van der Waals surface area contributed by atoms with E-state index < -0.39 is 0 Å². The van der Waals surface area contributed by atoms with E-state index in [4.69, 9.17) is 0 Å². The average molecular weight is 423 g/mol. The molecule has 0 spiro atoms. The lowest BCUT2D eigenvalue weighted by atomic mass is 10.1. The van der Waals surface area contributed by atoms with Crippen LogP contribution in [-0.4, -0.2) is 0 Å². The molecule has 0 aliphatic heterocycles. The van der Waals surface area contributed by atoms with Gasteiger partial charge in [0.15, 0.2) is 12.4 Å². The minimum atomic E-state index is 0. The number of nitrogens with zero attached hydrogens (tertiary/aromatic N) is 1. The first-order chi connectivity index (χ1) is 11.3. The van der Waals surface area contributed by atoms with Crippen molar-refractivity contribution in [3.05, 3.63) is 101 Å². The van der Waals surface area contributed by atoms with Crippen LogP contribution < -0.4 is 28.5 Å². The highest BCUT2D eigenvalue weighted by molar-refractivity contribution is 5.69. The van der Waals surface area contributed by atoms with Crippen molar-refractivity contribution in [1.29, 1.82) is 0 Å². The molecule has 2 heteroatoms. The van der Waals surface area contributed by atoms with Crippen molar-refractivity contribution in [3.63, 3.8) is 0 Å². The van der Waals surface area contributed by atoms with Crippen LogP contribution in [0.4, 0.5) is 0 Å². The van der Waals surface area contributed by atoms with E-state index in [9.17, 15) is 0 Å². The van der Waals surface area contributed by atoms with Crippen LogP contribution in [0, 0.1) is 11.8 Å². The largest absolute Gasteiger partial charge is 1.00 e. The van der Waals surface area contributed by atoms with Crippen molar-refractivity contribution in [2.45, 2.75) is 0 Å². The monoisotopic (exact) mass is 423 g/mol. The molecule has 1 aromatic heterocycles. The van der Waals surface area contributed by atoms with Crippen LogP contribution in [0.1, 0.15) is 22.3 Å². The van der Waals surface area contributed by atoms with Crippen LogP contribution in [0.3, 0.4) is 0 Å². The maximum atomic E-state index is 3.19. The van der Waals surface area contributed by atoms with E-state index in [1.165, 1.54) is 11.1 Å². The zero-order valence-electron chi connectivity index (χ0n) is 13.5. The Morgan fingerprint density at radius 3 is 1.75 bits per heavy atom. The second-order valence-corrected chi connectivity index (χ2v) is 5.37. The Kier molecular flexibility index (Phi) is 6.77. The summed E-state index contributed by atoms with van der Waals surface area (Å²) in [5, 5.41) is 0. The third-order valence-corrected chi connectivity index (χ3v) is 3.51. The summed E-state index contributed by atoms with van der Waals surface area (Å²) < 4.78 is 2.03. The Bertz CT molecular complexity index is 852. The summed E-state index contributed by atoms with van der Waals surface area (Å²) in [5.74, 6) is 6.36. The number of pyridine rings is 1. The maximum absolute atomic E-state index is 3.19. The number of halogens is 1. The van der Waals surface area contributed by atoms with Gasteiger partial charge in [-0.25, -0.2) is 4.57 Å². The number of aryl methyl sites for hydroxylation is 1. The summed E-state index contributed by atoms with van der Waals surface area (Å²) in [7, 11) is 2.02. The quantitative estimate of drug-likeness (QED) is 0.330.